The van der Waals surface area contributed by atoms with Gasteiger partial charge in [0.2, 0.25) is 0 Å². The van der Waals surface area contributed by atoms with Gasteiger partial charge in [-0.2, -0.15) is 5.26 Å². The van der Waals surface area contributed by atoms with Gasteiger partial charge in [0.1, 0.15) is 0 Å². The predicted molar refractivity (Wildman–Crippen MR) is 90.2 cm³/mol. The molecule has 1 aromatic carbocycles. The summed E-state index contributed by atoms with van der Waals surface area (Å²) in [5.41, 5.74) is 1.83. The Kier molecular flexibility index (Phi) is 4.82. The van der Waals surface area contributed by atoms with E-state index in [1.165, 1.54) is 0 Å². The second kappa shape index (κ2) is 7.19. The fraction of sp³-hybridized carbons (Fsp3) is 0.444. The predicted octanol–water partition coefficient (Wildman–Crippen LogP) is 2.54. The maximum atomic E-state index is 12.0. The molecule has 0 aromatic heterocycles. The van der Waals surface area contributed by atoms with Crippen LogP contribution in [0, 0.1) is 11.3 Å². The van der Waals surface area contributed by atoms with Crippen LogP contribution in [-0.4, -0.2) is 31.2 Å². The molecule has 1 aromatic rings. The van der Waals surface area contributed by atoms with E-state index < -0.39 is 0 Å². The average Bonchev–Trinajstić information content (AvgIpc) is 3.08. The molecule has 120 valence electrons. The fourth-order valence-electron chi connectivity index (χ4n) is 3.18. The van der Waals surface area contributed by atoms with Gasteiger partial charge >= 0.3 is 6.03 Å². The summed E-state index contributed by atoms with van der Waals surface area (Å²) >= 11 is 0. The van der Waals surface area contributed by atoms with Crippen molar-refractivity contribution >= 4 is 11.7 Å². The summed E-state index contributed by atoms with van der Waals surface area (Å²) in [5.74, 6) is 0. The quantitative estimate of drug-likeness (QED) is 0.843. The van der Waals surface area contributed by atoms with Crippen LogP contribution < -0.4 is 15.5 Å². The summed E-state index contributed by atoms with van der Waals surface area (Å²) < 4.78 is 0. The van der Waals surface area contributed by atoms with Crippen molar-refractivity contribution < 1.29 is 4.79 Å². The lowest BCUT2D eigenvalue weighted by atomic mass is 10.0. The first-order chi connectivity index (χ1) is 11.2. The van der Waals surface area contributed by atoms with Crippen molar-refractivity contribution in [1.29, 1.82) is 5.26 Å². The van der Waals surface area contributed by atoms with E-state index >= 15 is 0 Å². The van der Waals surface area contributed by atoms with Gasteiger partial charge < -0.3 is 15.5 Å². The molecule has 2 amide bonds. The number of amides is 2. The monoisotopic (exact) mass is 310 g/mol. The lowest BCUT2D eigenvalue weighted by molar-refractivity contribution is 0.231. The van der Waals surface area contributed by atoms with E-state index in [9.17, 15) is 4.79 Å². The first-order valence-corrected chi connectivity index (χ1v) is 8.22. The molecule has 2 N–H and O–H groups in total. The van der Waals surface area contributed by atoms with Gasteiger partial charge in [-0.05, 0) is 49.9 Å². The smallest absolute Gasteiger partial charge is 0.315 e. The van der Waals surface area contributed by atoms with Crippen molar-refractivity contribution in [3.63, 3.8) is 0 Å². The summed E-state index contributed by atoms with van der Waals surface area (Å²) in [7, 11) is 0. The summed E-state index contributed by atoms with van der Waals surface area (Å²) in [6.07, 6.45) is 7.98. The summed E-state index contributed by atoms with van der Waals surface area (Å²) in [4.78, 5) is 14.3. The molecule has 5 heteroatoms. The number of hydrogen-bond donors (Lipinski definition) is 2. The van der Waals surface area contributed by atoms with Crippen LogP contribution in [0.15, 0.2) is 36.4 Å². The third-order valence-corrected chi connectivity index (χ3v) is 4.53. The van der Waals surface area contributed by atoms with Crippen LogP contribution in [0.3, 0.4) is 0 Å². The molecule has 0 radical (unpaired) electrons. The highest BCUT2D eigenvalue weighted by Crippen LogP contribution is 2.20. The topological polar surface area (TPSA) is 68.2 Å². The first kappa shape index (κ1) is 15.4. The van der Waals surface area contributed by atoms with Gasteiger partial charge in [0, 0.05) is 30.9 Å². The minimum absolute atomic E-state index is 0.0458. The first-order valence-electron chi connectivity index (χ1n) is 8.22. The Bertz CT molecular complexity index is 601. The van der Waals surface area contributed by atoms with Crippen molar-refractivity contribution in [3.8, 4) is 6.07 Å². The number of piperidine rings is 1. The van der Waals surface area contributed by atoms with Crippen molar-refractivity contribution in [2.45, 2.75) is 37.8 Å². The Labute approximate surface area is 137 Å². The van der Waals surface area contributed by atoms with E-state index in [0.29, 0.717) is 5.56 Å². The van der Waals surface area contributed by atoms with Gasteiger partial charge in [-0.3, -0.25) is 0 Å². The molecule has 0 atom stereocenters. The summed E-state index contributed by atoms with van der Waals surface area (Å²) in [5, 5.41) is 15.0. The molecule has 5 nitrogen and oxygen atoms in total. The molecule has 3 rings (SSSR count). The number of anilines is 1. The number of nitrogens with zero attached hydrogens (tertiary/aromatic N) is 2. The molecule has 1 fully saturated rings. The maximum Gasteiger partial charge on any atom is 0.315 e. The third-order valence-electron chi connectivity index (χ3n) is 4.53. The molecular formula is C18H22N4O. The van der Waals surface area contributed by atoms with Crippen LogP contribution in [0.25, 0.3) is 0 Å². The van der Waals surface area contributed by atoms with Crippen LogP contribution in [-0.2, 0) is 0 Å². The lowest BCUT2D eigenvalue weighted by Crippen LogP contribution is -2.49. The van der Waals surface area contributed by atoms with E-state index in [0.717, 1.165) is 44.5 Å². The molecule has 1 aliphatic carbocycles. The zero-order valence-corrected chi connectivity index (χ0v) is 13.2. The van der Waals surface area contributed by atoms with Crippen LogP contribution >= 0.6 is 0 Å². The van der Waals surface area contributed by atoms with Crippen molar-refractivity contribution in [3.05, 3.63) is 42.0 Å². The van der Waals surface area contributed by atoms with E-state index in [-0.39, 0.29) is 18.1 Å². The molecule has 0 unspecified atom stereocenters. The van der Waals surface area contributed by atoms with Crippen LogP contribution in [0.2, 0.25) is 0 Å². The van der Waals surface area contributed by atoms with Gasteiger partial charge in [-0.25, -0.2) is 4.79 Å². The van der Waals surface area contributed by atoms with E-state index in [1.54, 1.807) is 0 Å². The summed E-state index contributed by atoms with van der Waals surface area (Å²) in [6.45, 7) is 1.84. The number of hydrogen-bond acceptors (Lipinski definition) is 3. The van der Waals surface area contributed by atoms with Crippen molar-refractivity contribution in [1.82, 2.24) is 10.6 Å². The molecule has 0 saturated carbocycles. The minimum atomic E-state index is -0.0458. The molecular weight excluding hydrogens is 288 g/mol. The number of benzene rings is 1. The Morgan fingerprint density at radius 3 is 2.26 bits per heavy atom. The highest BCUT2D eigenvalue weighted by molar-refractivity contribution is 5.74. The van der Waals surface area contributed by atoms with Crippen molar-refractivity contribution in [2.75, 3.05) is 18.0 Å². The van der Waals surface area contributed by atoms with Crippen LogP contribution in [0.4, 0.5) is 10.5 Å². The van der Waals surface area contributed by atoms with E-state index in [1.807, 2.05) is 24.3 Å². The standard InChI is InChI=1S/C18H22N4O/c19-13-14-5-7-17(8-6-14)22-11-9-16(10-12-22)21-18(23)20-15-3-1-2-4-15/h1-2,5-8,15-16H,3-4,9-12H2,(H2,20,21,23). The Hall–Kier alpha value is -2.48. The maximum absolute atomic E-state index is 12.0. The van der Waals surface area contributed by atoms with Gasteiger partial charge in [0.15, 0.2) is 0 Å². The largest absolute Gasteiger partial charge is 0.371 e. The number of nitrogens with one attached hydrogen (secondary N) is 2. The van der Waals surface area contributed by atoms with E-state index in [2.05, 4.69) is 33.8 Å². The molecule has 23 heavy (non-hydrogen) atoms. The van der Waals surface area contributed by atoms with Crippen molar-refractivity contribution in [2.24, 2.45) is 0 Å². The Balaban J connectivity index is 1.44. The lowest BCUT2D eigenvalue weighted by Gasteiger charge is -2.34. The molecule has 1 saturated heterocycles. The van der Waals surface area contributed by atoms with Gasteiger partial charge in [-0.15, -0.1) is 0 Å². The highest BCUT2D eigenvalue weighted by Gasteiger charge is 2.22. The highest BCUT2D eigenvalue weighted by atomic mass is 16.2. The second-order valence-corrected chi connectivity index (χ2v) is 6.18. The molecule has 2 aliphatic rings. The number of carbonyl (C=O) groups excluding carboxylic acids is 1. The van der Waals surface area contributed by atoms with Gasteiger partial charge in [-0.1, -0.05) is 12.2 Å². The molecule has 0 spiro atoms. The van der Waals surface area contributed by atoms with Crippen LogP contribution in [0.1, 0.15) is 31.2 Å². The Morgan fingerprint density at radius 1 is 1.04 bits per heavy atom. The number of carbonyl (C=O) groups is 1. The second-order valence-electron chi connectivity index (χ2n) is 6.18. The summed E-state index contributed by atoms with van der Waals surface area (Å²) in [6, 6.07) is 10.3. The molecule has 1 aliphatic heterocycles. The average molecular weight is 310 g/mol. The van der Waals surface area contributed by atoms with Crippen LogP contribution in [0.5, 0.6) is 0 Å². The Morgan fingerprint density at radius 2 is 1.65 bits per heavy atom. The fourth-order valence-corrected chi connectivity index (χ4v) is 3.18. The number of nitriles is 1. The minimum Gasteiger partial charge on any atom is -0.371 e. The molecule has 0 bridgehead atoms. The number of urea groups is 1. The van der Waals surface area contributed by atoms with Gasteiger partial charge in [0.25, 0.3) is 0 Å². The zero-order valence-electron chi connectivity index (χ0n) is 13.2. The number of rotatable bonds is 3. The zero-order chi connectivity index (χ0) is 16.1. The normalized spacial score (nSPS) is 18.7. The van der Waals surface area contributed by atoms with Gasteiger partial charge in [0.05, 0.1) is 11.6 Å². The third kappa shape index (κ3) is 4.04. The SMILES string of the molecule is N#Cc1ccc(N2CCC(NC(=O)NC3CC=CC3)CC2)cc1. The molecule has 1 heterocycles. The van der Waals surface area contributed by atoms with E-state index in [4.69, 9.17) is 5.26 Å².